The van der Waals surface area contributed by atoms with E-state index in [4.69, 9.17) is 0 Å². The fraction of sp³-hybridized carbons (Fsp3) is 0.263. The molecule has 2 aromatic rings. The summed E-state index contributed by atoms with van der Waals surface area (Å²) in [4.78, 5) is 25.0. The monoisotopic (exact) mass is 384 g/mol. The minimum atomic E-state index is -0.238. The Kier molecular flexibility index (Phi) is 3.98. The molecule has 4 rings (SSSR count). The zero-order valence-corrected chi connectivity index (χ0v) is 14.6. The molecule has 0 spiro atoms. The zero-order valence-electron chi connectivity index (χ0n) is 13.1. The molecule has 0 aliphatic carbocycles. The molecule has 0 saturated carbocycles. The van der Waals surface area contributed by atoms with Crippen LogP contribution in [0.15, 0.2) is 59.1 Å². The second-order valence-corrected chi connectivity index (χ2v) is 7.17. The lowest BCUT2D eigenvalue weighted by Crippen LogP contribution is -2.36. The first-order valence-electron chi connectivity index (χ1n) is 8.08. The highest BCUT2D eigenvalue weighted by atomic mass is 79.9. The summed E-state index contributed by atoms with van der Waals surface area (Å²) in [5.74, 6) is -0.397. The highest BCUT2D eigenvalue weighted by Crippen LogP contribution is 2.42. The van der Waals surface area contributed by atoms with Crippen molar-refractivity contribution in [1.29, 1.82) is 0 Å². The Balaban J connectivity index is 1.70. The number of imide groups is 1. The Hall–Kier alpha value is -1.98. The molecule has 24 heavy (non-hydrogen) atoms. The van der Waals surface area contributed by atoms with Crippen LogP contribution in [0.5, 0.6) is 0 Å². The predicted molar refractivity (Wildman–Crippen MR) is 93.7 cm³/mol. The number of nitrogens with zero attached hydrogens (tertiary/aromatic N) is 2. The van der Waals surface area contributed by atoms with Gasteiger partial charge in [0.15, 0.2) is 0 Å². The van der Waals surface area contributed by atoms with E-state index in [-0.39, 0.29) is 23.8 Å². The summed E-state index contributed by atoms with van der Waals surface area (Å²) >= 11 is 3.44. The molecule has 4 nitrogen and oxygen atoms in total. The Morgan fingerprint density at radius 2 is 1.71 bits per heavy atom. The molecular weight excluding hydrogens is 368 g/mol. The number of fused-ring (bicyclic) bond motifs is 1. The van der Waals surface area contributed by atoms with Crippen LogP contribution < -0.4 is 0 Å². The summed E-state index contributed by atoms with van der Waals surface area (Å²) < 4.78 is 1.02. The first-order valence-corrected chi connectivity index (χ1v) is 8.87. The Morgan fingerprint density at radius 1 is 1.00 bits per heavy atom. The van der Waals surface area contributed by atoms with Crippen molar-refractivity contribution >= 4 is 27.7 Å². The first kappa shape index (κ1) is 15.5. The van der Waals surface area contributed by atoms with Gasteiger partial charge in [-0.2, -0.15) is 0 Å². The average Bonchev–Trinajstić information content (AvgIpc) is 3.10. The average molecular weight is 385 g/mol. The van der Waals surface area contributed by atoms with Crippen molar-refractivity contribution in [3.8, 4) is 0 Å². The maximum Gasteiger partial charge on any atom is 0.249 e. The van der Waals surface area contributed by atoms with Crippen molar-refractivity contribution in [2.45, 2.75) is 18.9 Å². The smallest absolute Gasteiger partial charge is 0.249 e. The van der Waals surface area contributed by atoms with Gasteiger partial charge in [-0.15, -0.1) is 0 Å². The predicted octanol–water partition coefficient (Wildman–Crippen LogP) is 3.34. The van der Waals surface area contributed by atoms with E-state index < -0.39 is 0 Å². The number of carbonyl (C=O) groups excluding carboxylic acids is 2. The normalized spacial score (nSPS) is 23.8. The van der Waals surface area contributed by atoms with Gasteiger partial charge < -0.3 is 0 Å². The molecule has 0 N–H and O–H groups in total. The largest absolute Gasteiger partial charge is 0.273 e. The van der Waals surface area contributed by atoms with Crippen LogP contribution in [0.3, 0.4) is 0 Å². The molecule has 0 unspecified atom stereocenters. The van der Waals surface area contributed by atoms with E-state index in [2.05, 4.69) is 15.9 Å². The van der Waals surface area contributed by atoms with Crippen LogP contribution in [0, 0.1) is 5.92 Å². The molecule has 2 saturated heterocycles. The quantitative estimate of drug-likeness (QED) is 0.761. The SMILES string of the molecule is O=C1CCN2[C@@H](c3ccccc3)[C@H](Cc3ccc(Br)cc3)C(=O)N12. The summed E-state index contributed by atoms with van der Waals surface area (Å²) in [6.45, 7) is 0.612. The summed E-state index contributed by atoms with van der Waals surface area (Å²) in [5, 5.41) is 3.32. The summed E-state index contributed by atoms with van der Waals surface area (Å²) in [6.07, 6.45) is 1.05. The van der Waals surface area contributed by atoms with Gasteiger partial charge in [0.1, 0.15) is 0 Å². The zero-order chi connectivity index (χ0) is 16.7. The number of halogens is 1. The summed E-state index contributed by atoms with van der Waals surface area (Å²) in [6, 6.07) is 18.0. The molecule has 0 radical (unpaired) electrons. The molecule has 122 valence electrons. The Bertz CT molecular complexity index is 776. The second-order valence-electron chi connectivity index (χ2n) is 6.25. The van der Waals surface area contributed by atoms with E-state index in [1.807, 2.05) is 59.6 Å². The molecule has 2 aromatic carbocycles. The number of benzene rings is 2. The van der Waals surface area contributed by atoms with Crippen LogP contribution >= 0.6 is 15.9 Å². The van der Waals surface area contributed by atoms with Gasteiger partial charge in [-0.3, -0.25) is 9.59 Å². The third-order valence-corrected chi connectivity index (χ3v) is 5.31. The molecule has 5 heteroatoms. The highest BCUT2D eigenvalue weighted by Gasteiger charge is 2.52. The minimum Gasteiger partial charge on any atom is -0.273 e. The van der Waals surface area contributed by atoms with Crippen molar-refractivity contribution in [3.63, 3.8) is 0 Å². The number of hydrogen-bond donors (Lipinski definition) is 0. The van der Waals surface area contributed by atoms with Gasteiger partial charge in [0.05, 0.1) is 12.0 Å². The van der Waals surface area contributed by atoms with Gasteiger partial charge in [0, 0.05) is 17.4 Å². The van der Waals surface area contributed by atoms with Crippen molar-refractivity contribution in [2.75, 3.05) is 6.54 Å². The fourth-order valence-electron chi connectivity index (χ4n) is 3.70. The second kappa shape index (κ2) is 6.15. The van der Waals surface area contributed by atoms with Crippen molar-refractivity contribution in [2.24, 2.45) is 5.92 Å². The maximum atomic E-state index is 12.9. The standard InChI is InChI=1S/C19H17BrN2O2/c20-15-8-6-13(7-9-15)12-16-18(14-4-2-1-3-5-14)21-11-10-17(23)22(21)19(16)24/h1-9,16,18H,10-12H2/t16-,18-/m0/s1. The van der Waals surface area contributed by atoms with E-state index in [1.54, 1.807) is 0 Å². The molecule has 2 aliphatic rings. The number of hydrogen-bond acceptors (Lipinski definition) is 3. The lowest BCUT2D eigenvalue weighted by atomic mass is 9.88. The van der Waals surface area contributed by atoms with Gasteiger partial charge in [-0.1, -0.05) is 58.4 Å². The van der Waals surface area contributed by atoms with Crippen LogP contribution in [-0.2, 0) is 16.0 Å². The molecule has 2 heterocycles. The molecule has 2 aliphatic heterocycles. The number of hydrazine groups is 1. The van der Waals surface area contributed by atoms with Crippen molar-refractivity contribution in [1.82, 2.24) is 10.0 Å². The topological polar surface area (TPSA) is 40.6 Å². The molecule has 2 atom stereocenters. The summed E-state index contributed by atoms with van der Waals surface area (Å²) in [7, 11) is 0. The van der Waals surface area contributed by atoms with Gasteiger partial charge >= 0.3 is 0 Å². The number of rotatable bonds is 3. The number of amides is 2. The van der Waals surface area contributed by atoms with Gasteiger partial charge in [0.25, 0.3) is 0 Å². The third kappa shape index (κ3) is 2.58. The van der Waals surface area contributed by atoms with Crippen molar-refractivity contribution < 1.29 is 9.59 Å². The molecular formula is C19H17BrN2O2. The van der Waals surface area contributed by atoms with Gasteiger partial charge in [-0.05, 0) is 29.7 Å². The van der Waals surface area contributed by atoms with E-state index in [9.17, 15) is 9.59 Å². The maximum absolute atomic E-state index is 12.9. The molecule has 0 aromatic heterocycles. The van der Waals surface area contributed by atoms with E-state index in [0.717, 1.165) is 15.6 Å². The van der Waals surface area contributed by atoms with Crippen molar-refractivity contribution in [3.05, 3.63) is 70.2 Å². The third-order valence-electron chi connectivity index (χ3n) is 4.79. The van der Waals surface area contributed by atoms with Crippen LogP contribution in [0.4, 0.5) is 0 Å². The van der Waals surface area contributed by atoms with E-state index in [1.165, 1.54) is 5.01 Å². The van der Waals surface area contributed by atoms with Crippen LogP contribution in [0.2, 0.25) is 0 Å². The van der Waals surface area contributed by atoms with Gasteiger partial charge in [0.2, 0.25) is 11.8 Å². The highest BCUT2D eigenvalue weighted by molar-refractivity contribution is 9.10. The first-order chi connectivity index (χ1) is 11.6. The Morgan fingerprint density at radius 3 is 2.42 bits per heavy atom. The lowest BCUT2D eigenvalue weighted by molar-refractivity contribution is -0.149. The molecule has 0 bridgehead atoms. The Labute approximate surface area is 149 Å². The van der Waals surface area contributed by atoms with E-state index >= 15 is 0 Å². The van der Waals surface area contributed by atoms with Crippen LogP contribution in [-0.4, -0.2) is 28.4 Å². The fourth-order valence-corrected chi connectivity index (χ4v) is 3.96. The van der Waals surface area contributed by atoms with E-state index in [0.29, 0.717) is 19.4 Å². The van der Waals surface area contributed by atoms with Crippen LogP contribution in [0.1, 0.15) is 23.6 Å². The molecule has 2 fully saturated rings. The molecule has 2 amide bonds. The number of carbonyl (C=O) groups is 2. The van der Waals surface area contributed by atoms with Gasteiger partial charge in [-0.25, -0.2) is 10.0 Å². The minimum absolute atomic E-state index is 0.0747. The summed E-state index contributed by atoms with van der Waals surface area (Å²) in [5.41, 5.74) is 2.19. The lowest BCUT2D eigenvalue weighted by Gasteiger charge is -2.25. The van der Waals surface area contributed by atoms with Crippen LogP contribution in [0.25, 0.3) is 0 Å².